The highest BCUT2D eigenvalue weighted by Gasteiger charge is 2.21. The molecule has 0 radical (unpaired) electrons. The van der Waals surface area contributed by atoms with Crippen LogP contribution >= 0.6 is 12.4 Å². The zero-order chi connectivity index (χ0) is 14.5. The van der Waals surface area contributed by atoms with Gasteiger partial charge in [0.1, 0.15) is 0 Å². The van der Waals surface area contributed by atoms with E-state index in [9.17, 15) is 9.59 Å². The summed E-state index contributed by atoms with van der Waals surface area (Å²) in [5, 5.41) is 8.85. The van der Waals surface area contributed by atoms with Crippen molar-refractivity contribution in [2.45, 2.75) is 32.7 Å². The van der Waals surface area contributed by atoms with Crippen LogP contribution < -0.4 is 16.0 Å². The summed E-state index contributed by atoms with van der Waals surface area (Å²) in [6.07, 6.45) is 1.90. The Balaban J connectivity index is 0.00000220. The van der Waals surface area contributed by atoms with E-state index in [4.69, 9.17) is 0 Å². The first kappa shape index (κ1) is 17.5. The molecule has 5 nitrogen and oxygen atoms in total. The van der Waals surface area contributed by atoms with E-state index in [-0.39, 0.29) is 36.2 Å². The summed E-state index contributed by atoms with van der Waals surface area (Å²) >= 11 is 0. The maximum atomic E-state index is 12.0. The maximum Gasteiger partial charge on any atom is 0.241 e. The molecule has 2 amide bonds. The molecule has 3 N–H and O–H groups in total. The molecule has 1 saturated heterocycles. The van der Waals surface area contributed by atoms with Gasteiger partial charge in [0, 0.05) is 17.3 Å². The molecule has 1 atom stereocenters. The highest BCUT2D eigenvalue weighted by molar-refractivity contribution is 5.96. The molecule has 1 unspecified atom stereocenters. The molecule has 21 heavy (non-hydrogen) atoms. The lowest BCUT2D eigenvalue weighted by molar-refractivity contribution is -0.119. The fourth-order valence-corrected chi connectivity index (χ4v) is 2.10. The van der Waals surface area contributed by atoms with Crippen molar-refractivity contribution in [2.24, 2.45) is 5.92 Å². The summed E-state index contributed by atoms with van der Waals surface area (Å²) in [5.74, 6) is -0.128. The molecule has 1 fully saturated rings. The summed E-state index contributed by atoms with van der Waals surface area (Å²) in [6.45, 7) is 4.57. The second-order valence-electron chi connectivity index (χ2n) is 5.36. The molecule has 1 aliphatic heterocycles. The molecule has 6 heteroatoms. The van der Waals surface area contributed by atoms with E-state index in [1.54, 1.807) is 6.07 Å². The number of amides is 2. The van der Waals surface area contributed by atoms with E-state index in [0.717, 1.165) is 19.4 Å². The van der Waals surface area contributed by atoms with Gasteiger partial charge in [-0.2, -0.15) is 0 Å². The highest BCUT2D eigenvalue weighted by atomic mass is 35.5. The smallest absolute Gasteiger partial charge is 0.241 e. The van der Waals surface area contributed by atoms with Gasteiger partial charge in [-0.15, -0.1) is 12.4 Å². The van der Waals surface area contributed by atoms with Gasteiger partial charge < -0.3 is 16.0 Å². The van der Waals surface area contributed by atoms with Crippen LogP contribution in [0.25, 0.3) is 0 Å². The van der Waals surface area contributed by atoms with Gasteiger partial charge in [-0.3, -0.25) is 9.59 Å². The van der Waals surface area contributed by atoms with Gasteiger partial charge in [0.05, 0.1) is 6.04 Å². The maximum absolute atomic E-state index is 12.0. The van der Waals surface area contributed by atoms with Crippen LogP contribution in [-0.2, 0) is 9.59 Å². The zero-order valence-corrected chi connectivity index (χ0v) is 13.1. The topological polar surface area (TPSA) is 70.2 Å². The summed E-state index contributed by atoms with van der Waals surface area (Å²) in [5.41, 5.74) is 1.39. The van der Waals surface area contributed by atoms with Crippen molar-refractivity contribution in [3.05, 3.63) is 24.3 Å². The van der Waals surface area contributed by atoms with Gasteiger partial charge >= 0.3 is 0 Å². The average Bonchev–Trinajstić information content (AvgIpc) is 2.92. The Morgan fingerprint density at radius 3 is 2.48 bits per heavy atom. The van der Waals surface area contributed by atoms with E-state index in [2.05, 4.69) is 16.0 Å². The van der Waals surface area contributed by atoms with Crippen molar-refractivity contribution < 1.29 is 9.59 Å². The molecule has 1 aromatic carbocycles. The van der Waals surface area contributed by atoms with Crippen LogP contribution in [0.3, 0.4) is 0 Å². The number of halogens is 1. The molecular formula is C15H22ClN3O2. The van der Waals surface area contributed by atoms with Gasteiger partial charge in [0.25, 0.3) is 0 Å². The van der Waals surface area contributed by atoms with E-state index >= 15 is 0 Å². The summed E-state index contributed by atoms with van der Waals surface area (Å²) in [4.78, 5) is 23.6. The number of nitrogens with one attached hydrogen (secondary N) is 3. The predicted molar refractivity (Wildman–Crippen MR) is 86.8 cm³/mol. The average molecular weight is 312 g/mol. The molecule has 0 bridgehead atoms. The minimum Gasteiger partial charge on any atom is -0.326 e. The molecule has 2 rings (SSSR count). The quantitative estimate of drug-likeness (QED) is 0.799. The fourth-order valence-electron chi connectivity index (χ4n) is 2.10. The monoisotopic (exact) mass is 311 g/mol. The van der Waals surface area contributed by atoms with E-state index in [1.807, 2.05) is 32.0 Å². The Bertz CT molecular complexity index is 499. The van der Waals surface area contributed by atoms with Crippen LogP contribution in [0.4, 0.5) is 11.4 Å². The summed E-state index contributed by atoms with van der Waals surface area (Å²) < 4.78 is 0. The zero-order valence-electron chi connectivity index (χ0n) is 12.3. The normalized spacial score (nSPS) is 17.2. The summed E-state index contributed by atoms with van der Waals surface area (Å²) in [7, 11) is 0. The fraction of sp³-hybridized carbons (Fsp3) is 0.467. The van der Waals surface area contributed by atoms with Crippen molar-refractivity contribution in [2.75, 3.05) is 17.2 Å². The Labute approximate surface area is 131 Å². The second kappa shape index (κ2) is 8.00. The third-order valence-electron chi connectivity index (χ3n) is 3.30. The molecule has 1 aliphatic rings. The highest BCUT2D eigenvalue weighted by Crippen LogP contribution is 2.17. The van der Waals surface area contributed by atoms with Crippen LogP contribution in [0.1, 0.15) is 26.7 Å². The molecule has 0 aromatic heterocycles. The Hall–Kier alpha value is -1.59. The van der Waals surface area contributed by atoms with Gasteiger partial charge in [0.2, 0.25) is 11.8 Å². The first-order chi connectivity index (χ1) is 9.56. The van der Waals surface area contributed by atoms with Crippen molar-refractivity contribution in [1.82, 2.24) is 5.32 Å². The minimum atomic E-state index is -0.107. The van der Waals surface area contributed by atoms with Crippen molar-refractivity contribution in [3.63, 3.8) is 0 Å². The molecule has 0 spiro atoms. The standard InChI is InChI=1S/C15H21N3O2.ClH/c1-10(2)14(19)17-11-5-3-6-12(9-11)18-15(20)13-7-4-8-16-13;/h3,5-6,9-10,13,16H,4,7-8H2,1-2H3,(H,17,19)(H,18,20);1H. The number of hydrogen-bond acceptors (Lipinski definition) is 3. The lowest BCUT2D eigenvalue weighted by atomic mass is 10.2. The lowest BCUT2D eigenvalue weighted by Crippen LogP contribution is -2.35. The molecule has 1 aromatic rings. The number of anilines is 2. The van der Waals surface area contributed by atoms with Crippen LogP contribution in [-0.4, -0.2) is 24.4 Å². The lowest BCUT2D eigenvalue weighted by Gasteiger charge is -2.13. The second-order valence-corrected chi connectivity index (χ2v) is 5.36. The SMILES string of the molecule is CC(C)C(=O)Nc1cccc(NC(=O)C2CCCN2)c1.Cl. The number of carbonyl (C=O) groups is 2. The molecule has 116 valence electrons. The molecular weight excluding hydrogens is 290 g/mol. The first-order valence-corrected chi connectivity index (χ1v) is 7.01. The van der Waals surface area contributed by atoms with Gasteiger partial charge in [-0.25, -0.2) is 0 Å². The third kappa shape index (κ3) is 5.02. The number of carbonyl (C=O) groups excluding carboxylic acids is 2. The number of hydrogen-bond donors (Lipinski definition) is 3. The minimum absolute atomic E-state index is 0. The summed E-state index contributed by atoms with van der Waals surface area (Å²) in [6, 6.07) is 7.10. The molecule has 1 heterocycles. The van der Waals surface area contributed by atoms with Gasteiger partial charge in [-0.1, -0.05) is 19.9 Å². The predicted octanol–water partition coefficient (Wildman–Crippen LogP) is 2.39. The van der Waals surface area contributed by atoms with Crippen molar-refractivity contribution in [1.29, 1.82) is 0 Å². The van der Waals surface area contributed by atoms with E-state index in [1.165, 1.54) is 0 Å². The van der Waals surface area contributed by atoms with Crippen molar-refractivity contribution >= 4 is 35.6 Å². The Morgan fingerprint density at radius 1 is 1.24 bits per heavy atom. The Kier molecular flexibility index (Phi) is 6.65. The van der Waals surface area contributed by atoms with Crippen LogP contribution in [0.2, 0.25) is 0 Å². The largest absolute Gasteiger partial charge is 0.326 e. The van der Waals surface area contributed by atoms with Gasteiger partial charge in [-0.05, 0) is 37.6 Å². The van der Waals surface area contributed by atoms with Crippen LogP contribution in [0, 0.1) is 5.92 Å². The number of rotatable bonds is 4. The van der Waals surface area contributed by atoms with Crippen LogP contribution in [0.15, 0.2) is 24.3 Å². The van der Waals surface area contributed by atoms with E-state index < -0.39 is 0 Å². The number of benzene rings is 1. The first-order valence-electron chi connectivity index (χ1n) is 7.01. The van der Waals surface area contributed by atoms with E-state index in [0.29, 0.717) is 11.4 Å². The third-order valence-corrected chi connectivity index (χ3v) is 3.30. The van der Waals surface area contributed by atoms with Crippen molar-refractivity contribution in [3.8, 4) is 0 Å². The molecule has 0 saturated carbocycles. The Morgan fingerprint density at radius 2 is 1.90 bits per heavy atom. The van der Waals surface area contributed by atoms with Crippen LogP contribution in [0.5, 0.6) is 0 Å². The molecule has 0 aliphatic carbocycles. The van der Waals surface area contributed by atoms with Gasteiger partial charge in [0.15, 0.2) is 0 Å².